The Hall–Kier alpha value is -4.55. The third kappa shape index (κ3) is 9.88. The summed E-state index contributed by atoms with van der Waals surface area (Å²) in [6.07, 6.45) is 5.34. The minimum Gasteiger partial charge on any atom is -0.335 e. The van der Waals surface area contributed by atoms with E-state index in [1.54, 1.807) is 49.9 Å². The number of hydrogen-bond donors (Lipinski definition) is 2. The molecule has 6 aromatic rings. The number of fused-ring (bicyclic) bond motifs is 2. The summed E-state index contributed by atoms with van der Waals surface area (Å²) in [4.78, 5) is 56.3. The van der Waals surface area contributed by atoms with E-state index in [1.807, 2.05) is 48.5 Å². The third-order valence-electron chi connectivity index (χ3n) is 14.7. The van der Waals surface area contributed by atoms with E-state index in [0.29, 0.717) is 62.7 Å². The molecule has 4 amide bonds. The smallest absolute Gasteiger partial charge is 0.317 e. The molecule has 3 aliphatic heterocycles. The number of benzene rings is 4. The number of carbonyl (C=O) groups excluding carboxylic acids is 3. The summed E-state index contributed by atoms with van der Waals surface area (Å²) in [7, 11) is -8.31. The van der Waals surface area contributed by atoms with Crippen molar-refractivity contribution >= 4 is 139 Å². The molecule has 4 aromatic carbocycles. The van der Waals surface area contributed by atoms with Gasteiger partial charge in [-0.25, -0.2) is 46.1 Å². The Balaban J connectivity index is 0.804. The van der Waals surface area contributed by atoms with E-state index < -0.39 is 42.9 Å². The first-order chi connectivity index (χ1) is 36.0. The van der Waals surface area contributed by atoms with Crippen LogP contribution in [0.25, 0.3) is 0 Å². The van der Waals surface area contributed by atoms with Crippen LogP contribution in [0.2, 0.25) is 20.1 Å². The Morgan fingerprint density at radius 2 is 1.13 bits per heavy atom. The largest absolute Gasteiger partial charge is 0.335 e. The lowest BCUT2D eigenvalue weighted by Gasteiger charge is -2.36. The number of halogens is 6. The summed E-state index contributed by atoms with van der Waals surface area (Å²) >= 11 is 33.8. The van der Waals surface area contributed by atoms with E-state index in [0.717, 1.165) is 20.1 Å². The molecule has 0 bridgehead atoms. The van der Waals surface area contributed by atoms with Crippen LogP contribution < -0.4 is 19.8 Å². The number of carbonyl (C=O) groups is 3. The summed E-state index contributed by atoms with van der Waals surface area (Å²) in [6.45, 7) is 5.46. The highest BCUT2D eigenvalue weighted by Gasteiger charge is 2.54. The van der Waals surface area contributed by atoms with Crippen LogP contribution in [0.3, 0.4) is 0 Å². The van der Waals surface area contributed by atoms with Crippen molar-refractivity contribution in [3.05, 3.63) is 137 Å². The number of imidazole rings is 2. The predicted molar refractivity (Wildman–Crippen MR) is 299 cm³/mol. The molecule has 10 rings (SSSR count). The minimum absolute atomic E-state index is 0.00661. The average molecular weight is 1280 g/mol. The van der Waals surface area contributed by atoms with Gasteiger partial charge in [-0.1, -0.05) is 109 Å². The van der Waals surface area contributed by atoms with E-state index >= 15 is 0 Å². The van der Waals surface area contributed by atoms with Gasteiger partial charge in [-0.2, -0.15) is 4.31 Å². The van der Waals surface area contributed by atoms with Gasteiger partial charge in [-0.15, -0.1) is 0 Å². The number of piperazine rings is 1. The van der Waals surface area contributed by atoms with Gasteiger partial charge in [0.1, 0.15) is 11.1 Å². The normalized spacial score (nSPS) is 22.1. The number of anilines is 4. The van der Waals surface area contributed by atoms with Gasteiger partial charge in [0.05, 0.1) is 23.8 Å². The van der Waals surface area contributed by atoms with E-state index in [1.165, 1.54) is 41.7 Å². The zero-order chi connectivity index (χ0) is 54.2. The standard InChI is InChI=1S/C51H50Br2Cl4N10O7S2/c1-4-60-75(71,72)42-28-58-47-65(45(68)50(2,66(42)47)26-30-5-11-33(52)12-6-30)39-24-40(56)44(41(57)25-39)32-9-15-37(16-10-32)61-49(70)62-17-19-63(20-18-62)76(73,74)43-29-59-48-64(38-22-35(54)21-36(55)23-38)46(69)51(3,67(43)48)27-31-7-13-34(53)14-8-31/h5-8,11-14,21-25,28-29,32,37,60H,4,9-10,15-20,26-27H2,1-3H3,(H,61,70)/t32?,37?,50-,51-/m1/s1. The van der Waals surface area contributed by atoms with Crippen LogP contribution in [-0.2, 0) is 53.6 Å². The second kappa shape index (κ2) is 20.9. The van der Waals surface area contributed by atoms with Crippen LogP contribution in [0, 0.1) is 0 Å². The Labute approximate surface area is 477 Å². The van der Waals surface area contributed by atoms with Crippen LogP contribution >= 0.6 is 78.3 Å². The summed E-state index contributed by atoms with van der Waals surface area (Å²) in [6, 6.07) is 22.4. The molecule has 2 fully saturated rings. The quantitative estimate of drug-likeness (QED) is 0.113. The molecular formula is C51H50Br2Cl4N10O7S2. The van der Waals surface area contributed by atoms with E-state index in [9.17, 15) is 31.2 Å². The van der Waals surface area contributed by atoms with Crippen molar-refractivity contribution in [3.63, 3.8) is 0 Å². The summed E-state index contributed by atoms with van der Waals surface area (Å²) in [5, 5.41) is 4.10. The van der Waals surface area contributed by atoms with Crippen LogP contribution in [0.4, 0.5) is 28.1 Å². The predicted octanol–water partition coefficient (Wildman–Crippen LogP) is 10.5. The fraction of sp³-hybridized carbons (Fsp3) is 0.353. The Kier molecular flexibility index (Phi) is 15.1. The lowest BCUT2D eigenvalue weighted by molar-refractivity contribution is -0.124. The molecule has 17 nitrogen and oxygen atoms in total. The van der Waals surface area contributed by atoms with Crippen LogP contribution in [0.5, 0.6) is 0 Å². The third-order valence-corrected chi connectivity index (χ3v) is 20.2. The van der Waals surface area contributed by atoms with Crippen molar-refractivity contribution in [2.24, 2.45) is 0 Å². The molecule has 76 heavy (non-hydrogen) atoms. The summed E-state index contributed by atoms with van der Waals surface area (Å²) in [5.74, 6) is -0.669. The molecule has 4 aliphatic rings. The molecule has 2 atom stereocenters. The van der Waals surface area contributed by atoms with E-state index in [2.05, 4.69) is 51.9 Å². The first kappa shape index (κ1) is 54.8. The van der Waals surface area contributed by atoms with Crippen molar-refractivity contribution in [2.45, 2.75) is 92.4 Å². The topological polar surface area (TPSA) is 192 Å². The maximum absolute atomic E-state index is 14.7. The van der Waals surface area contributed by atoms with Gasteiger partial charge in [0.2, 0.25) is 11.9 Å². The van der Waals surface area contributed by atoms with Gasteiger partial charge < -0.3 is 10.2 Å². The molecule has 0 radical (unpaired) electrons. The first-order valence-electron chi connectivity index (χ1n) is 24.4. The zero-order valence-electron chi connectivity index (χ0n) is 41.1. The SMILES string of the molecule is CCNS(=O)(=O)c1cnc2n1[C@](C)(Cc1ccc(Br)cc1)C(=O)N2c1cc(Cl)c(C2CCC(NC(=O)N3CCN(S(=O)(=O)c4cnc5n4[C@](C)(Cc4ccc(Br)cc4)C(=O)N5c4cc(Cl)cc(Cl)c4)CC3)CC2)c(Cl)c1. The fourth-order valence-electron chi connectivity index (χ4n) is 11.0. The molecule has 0 spiro atoms. The summed E-state index contributed by atoms with van der Waals surface area (Å²) in [5.41, 5.74) is 0.169. The lowest BCUT2D eigenvalue weighted by atomic mass is 9.81. The van der Waals surface area contributed by atoms with Gasteiger partial charge in [0.25, 0.3) is 31.9 Å². The summed E-state index contributed by atoms with van der Waals surface area (Å²) < 4.78 is 64.8. The molecular weight excluding hydrogens is 1230 g/mol. The van der Waals surface area contributed by atoms with Crippen molar-refractivity contribution in [2.75, 3.05) is 42.5 Å². The highest BCUT2D eigenvalue weighted by Crippen LogP contribution is 2.49. The number of amides is 4. The molecule has 2 N–H and O–H groups in total. The Bertz CT molecular complexity index is 3490. The van der Waals surface area contributed by atoms with Crippen molar-refractivity contribution in [1.82, 2.24) is 38.3 Å². The van der Waals surface area contributed by atoms with Gasteiger partial charge in [-0.3, -0.25) is 18.7 Å². The highest BCUT2D eigenvalue weighted by atomic mass is 79.9. The van der Waals surface area contributed by atoms with Crippen LogP contribution in [0.15, 0.2) is 110 Å². The average Bonchev–Trinajstić information content (AvgIpc) is 4.31. The monoisotopic (exact) mass is 1280 g/mol. The molecule has 2 aromatic heterocycles. The van der Waals surface area contributed by atoms with E-state index in [-0.39, 0.29) is 85.5 Å². The lowest BCUT2D eigenvalue weighted by Crippen LogP contribution is -2.55. The molecule has 0 unspecified atom stereocenters. The zero-order valence-corrected chi connectivity index (χ0v) is 48.9. The number of aromatic nitrogens is 4. The highest BCUT2D eigenvalue weighted by molar-refractivity contribution is 9.10. The number of hydrogen-bond acceptors (Lipinski definition) is 9. The van der Waals surface area contributed by atoms with Crippen molar-refractivity contribution < 1.29 is 31.2 Å². The van der Waals surface area contributed by atoms with Crippen molar-refractivity contribution in [3.8, 4) is 0 Å². The molecule has 25 heteroatoms. The molecule has 5 heterocycles. The van der Waals surface area contributed by atoms with Crippen LogP contribution in [-0.4, -0.2) is 102 Å². The Morgan fingerprint density at radius 1 is 0.671 bits per heavy atom. The molecule has 400 valence electrons. The number of sulfonamides is 2. The number of nitrogens with zero attached hydrogens (tertiary/aromatic N) is 8. The maximum atomic E-state index is 14.7. The molecule has 1 aliphatic carbocycles. The first-order valence-corrected chi connectivity index (χ1v) is 30.4. The van der Waals surface area contributed by atoms with Gasteiger partial charge >= 0.3 is 6.03 Å². The second-order valence-electron chi connectivity index (χ2n) is 19.7. The second-order valence-corrected chi connectivity index (χ2v) is 26.9. The van der Waals surface area contributed by atoms with Gasteiger partial charge in [-0.05, 0) is 117 Å². The van der Waals surface area contributed by atoms with E-state index in [4.69, 9.17) is 46.4 Å². The van der Waals surface area contributed by atoms with Crippen molar-refractivity contribution in [1.29, 1.82) is 0 Å². The van der Waals surface area contributed by atoms with Gasteiger partial charge in [0.15, 0.2) is 10.1 Å². The van der Waals surface area contributed by atoms with Gasteiger partial charge in [0, 0.05) is 80.6 Å². The Morgan fingerprint density at radius 3 is 1.62 bits per heavy atom. The number of urea groups is 1. The maximum Gasteiger partial charge on any atom is 0.317 e. The fourth-order valence-corrected chi connectivity index (χ4v) is 15.7. The molecule has 1 saturated heterocycles. The van der Waals surface area contributed by atoms with Crippen LogP contribution in [0.1, 0.15) is 69.1 Å². The molecule has 1 saturated carbocycles. The number of nitrogens with one attached hydrogen (secondary N) is 2. The number of rotatable bonds is 13. The minimum atomic E-state index is -4.26.